The Morgan fingerprint density at radius 3 is 3.17 bits per heavy atom. The molecule has 4 nitrogen and oxygen atoms in total. The summed E-state index contributed by atoms with van der Waals surface area (Å²) in [5.41, 5.74) is 4.87. The number of aromatic nitrogens is 2. The Labute approximate surface area is 111 Å². The van der Waals surface area contributed by atoms with Crippen molar-refractivity contribution in [1.82, 2.24) is 9.78 Å². The van der Waals surface area contributed by atoms with Crippen LogP contribution in [0.3, 0.4) is 0 Å². The van der Waals surface area contributed by atoms with Gasteiger partial charge in [-0.15, -0.1) is 0 Å². The van der Waals surface area contributed by atoms with Crippen LogP contribution in [0.5, 0.6) is 0 Å². The Kier molecular flexibility index (Phi) is 4.25. The maximum Gasteiger partial charge on any atom is 0.155 e. The Balaban J connectivity index is 2.27. The molecule has 0 aromatic carbocycles. The van der Waals surface area contributed by atoms with E-state index in [1.54, 1.807) is 11.8 Å². The monoisotopic (exact) mass is 275 g/mol. The summed E-state index contributed by atoms with van der Waals surface area (Å²) >= 11 is 6.09. The van der Waals surface area contributed by atoms with Crippen LogP contribution in [-0.4, -0.2) is 29.5 Å². The highest BCUT2D eigenvalue weighted by atomic mass is 35.5. The topological polar surface area (TPSA) is 53.1 Å². The van der Waals surface area contributed by atoms with Crippen molar-refractivity contribution in [2.45, 2.75) is 43.9 Å². The van der Waals surface area contributed by atoms with Crippen LogP contribution in [0.2, 0.25) is 5.02 Å². The van der Waals surface area contributed by atoms with Gasteiger partial charge in [-0.05, 0) is 19.3 Å². The smallest absolute Gasteiger partial charge is 0.155 e. The molecule has 1 aromatic rings. The number of halogens is 2. The molecule has 1 saturated carbocycles. The summed E-state index contributed by atoms with van der Waals surface area (Å²) in [4.78, 5) is 0. The van der Waals surface area contributed by atoms with Crippen LogP contribution in [0.15, 0.2) is 6.20 Å². The molecule has 18 heavy (non-hydrogen) atoms. The molecule has 6 heteroatoms. The highest BCUT2D eigenvalue weighted by molar-refractivity contribution is 6.31. The zero-order valence-corrected chi connectivity index (χ0v) is 11.3. The van der Waals surface area contributed by atoms with Gasteiger partial charge in [0.15, 0.2) is 5.67 Å². The third kappa shape index (κ3) is 2.68. The van der Waals surface area contributed by atoms with Crippen molar-refractivity contribution in [3.05, 3.63) is 16.9 Å². The molecule has 2 atom stereocenters. The molecular formula is C12H19ClFN3O. The summed E-state index contributed by atoms with van der Waals surface area (Å²) in [7, 11) is 1.60. The Morgan fingerprint density at radius 1 is 1.72 bits per heavy atom. The zero-order valence-electron chi connectivity index (χ0n) is 10.5. The van der Waals surface area contributed by atoms with Crippen molar-refractivity contribution >= 4 is 11.6 Å². The molecule has 0 bridgehead atoms. The van der Waals surface area contributed by atoms with E-state index in [2.05, 4.69) is 5.10 Å². The second kappa shape index (κ2) is 5.55. The highest BCUT2D eigenvalue weighted by Crippen LogP contribution is 2.43. The average Bonchev–Trinajstić information content (AvgIpc) is 2.68. The molecular weight excluding hydrogens is 257 g/mol. The Morgan fingerprint density at radius 2 is 2.50 bits per heavy atom. The fourth-order valence-corrected chi connectivity index (χ4v) is 2.94. The number of ether oxygens (including phenoxy) is 1. The van der Waals surface area contributed by atoms with E-state index in [1.807, 2.05) is 0 Å². The van der Waals surface area contributed by atoms with E-state index >= 15 is 4.39 Å². The predicted octanol–water partition coefficient (Wildman–Crippen LogP) is 2.25. The minimum atomic E-state index is -1.46. The predicted molar refractivity (Wildman–Crippen MR) is 68.3 cm³/mol. The minimum absolute atomic E-state index is 0.106. The Hall–Kier alpha value is -0.650. The molecule has 102 valence electrons. The standard InChI is InChI=1S/C12H19ClFN3O/c1-18-6-5-17-11(10(13)8-16-17)12(14)4-2-3-9(15)7-12/h8-9H,2-7,15H2,1H3. The fourth-order valence-electron chi connectivity index (χ4n) is 2.63. The molecule has 1 fully saturated rings. The van der Waals surface area contributed by atoms with Crippen LogP contribution >= 0.6 is 11.6 Å². The number of methoxy groups -OCH3 is 1. The molecule has 0 radical (unpaired) electrons. The van der Waals surface area contributed by atoms with E-state index < -0.39 is 5.67 Å². The van der Waals surface area contributed by atoms with Gasteiger partial charge >= 0.3 is 0 Å². The maximum absolute atomic E-state index is 15.1. The maximum atomic E-state index is 15.1. The number of hydrogen-bond acceptors (Lipinski definition) is 3. The van der Waals surface area contributed by atoms with Crippen LogP contribution in [0, 0.1) is 0 Å². The van der Waals surface area contributed by atoms with E-state index in [0.717, 1.165) is 12.8 Å². The lowest BCUT2D eigenvalue weighted by atomic mass is 9.81. The number of alkyl halides is 1. The van der Waals surface area contributed by atoms with Crippen LogP contribution < -0.4 is 5.73 Å². The van der Waals surface area contributed by atoms with Crippen LogP contribution in [0.25, 0.3) is 0 Å². The molecule has 0 aliphatic heterocycles. The first kappa shape index (κ1) is 13.8. The number of rotatable bonds is 4. The largest absolute Gasteiger partial charge is 0.383 e. The zero-order chi connectivity index (χ0) is 13.2. The Bertz CT molecular complexity index is 412. The second-order valence-corrected chi connectivity index (χ2v) is 5.29. The average molecular weight is 276 g/mol. The molecule has 2 N–H and O–H groups in total. The first-order valence-corrected chi connectivity index (χ1v) is 6.60. The van der Waals surface area contributed by atoms with Gasteiger partial charge in [-0.1, -0.05) is 11.6 Å². The van der Waals surface area contributed by atoms with Gasteiger partial charge < -0.3 is 10.5 Å². The molecule has 0 saturated heterocycles. The van der Waals surface area contributed by atoms with Crippen molar-refractivity contribution in [3.8, 4) is 0 Å². The summed E-state index contributed by atoms with van der Waals surface area (Å²) < 4.78 is 21.7. The van der Waals surface area contributed by atoms with Gasteiger partial charge in [-0.2, -0.15) is 5.10 Å². The summed E-state index contributed by atoms with van der Waals surface area (Å²) in [5, 5.41) is 4.50. The fraction of sp³-hybridized carbons (Fsp3) is 0.750. The van der Waals surface area contributed by atoms with Crippen molar-refractivity contribution in [1.29, 1.82) is 0 Å². The molecule has 1 aliphatic carbocycles. The molecule has 0 spiro atoms. The van der Waals surface area contributed by atoms with E-state index in [0.29, 0.717) is 36.7 Å². The molecule has 1 heterocycles. The van der Waals surface area contributed by atoms with Gasteiger partial charge in [0.2, 0.25) is 0 Å². The van der Waals surface area contributed by atoms with E-state index in [9.17, 15) is 0 Å². The summed E-state index contributed by atoms with van der Waals surface area (Å²) in [6, 6.07) is -0.106. The summed E-state index contributed by atoms with van der Waals surface area (Å²) in [6.07, 6.45) is 3.91. The second-order valence-electron chi connectivity index (χ2n) is 4.88. The van der Waals surface area contributed by atoms with Gasteiger partial charge in [-0.25, -0.2) is 4.39 Å². The molecule has 0 amide bonds. The number of hydrogen-bond donors (Lipinski definition) is 1. The lowest BCUT2D eigenvalue weighted by Crippen LogP contribution is -2.38. The third-order valence-corrected chi connectivity index (χ3v) is 3.74. The molecule has 1 aliphatic rings. The molecule has 1 aromatic heterocycles. The number of nitrogens with two attached hydrogens (primary N) is 1. The lowest BCUT2D eigenvalue weighted by molar-refractivity contribution is 0.0811. The molecule has 2 rings (SSSR count). The lowest BCUT2D eigenvalue weighted by Gasteiger charge is -2.33. The van der Waals surface area contributed by atoms with Crippen LogP contribution in [0.1, 0.15) is 31.4 Å². The van der Waals surface area contributed by atoms with Crippen molar-refractivity contribution < 1.29 is 9.13 Å². The highest BCUT2D eigenvalue weighted by Gasteiger charge is 2.41. The van der Waals surface area contributed by atoms with E-state index in [-0.39, 0.29) is 6.04 Å². The molecule has 2 unspecified atom stereocenters. The normalized spacial score (nSPS) is 28.6. The number of nitrogens with zero attached hydrogens (tertiary/aromatic N) is 2. The van der Waals surface area contributed by atoms with Gasteiger partial charge in [0, 0.05) is 19.6 Å². The van der Waals surface area contributed by atoms with Gasteiger partial charge in [0.25, 0.3) is 0 Å². The van der Waals surface area contributed by atoms with Crippen LogP contribution in [0.4, 0.5) is 4.39 Å². The summed E-state index contributed by atoms with van der Waals surface area (Å²) in [5.74, 6) is 0. The van der Waals surface area contributed by atoms with Crippen molar-refractivity contribution in [2.75, 3.05) is 13.7 Å². The third-order valence-electron chi connectivity index (χ3n) is 3.46. The van der Waals surface area contributed by atoms with Gasteiger partial charge in [0.1, 0.15) is 0 Å². The van der Waals surface area contributed by atoms with E-state index in [4.69, 9.17) is 22.1 Å². The first-order valence-electron chi connectivity index (χ1n) is 6.22. The first-order chi connectivity index (χ1) is 8.57. The van der Waals surface area contributed by atoms with Crippen molar-refractivity contribution in [2.24, 2.45) is 5.73 Å². The van der Waals surface area contributed by atoms with Gasteiger partial charge in [0.05, 0.1) is 30.1 Å². The van der Waals surface area contributed by atoms with Gasteiger partial charge in [-0.3, -0.25) is 4.68 Å². The van der Waals surface area contributed by atoms with Crippen LogP contribution in [-0.2, 0) is 17.0 Å². The van der Waals surface area contributed by atoms with E-state index in [1.165, 1.54) is 6.20 Å². The van der Waals surface area contributed by atoms with Crippen molar-refractivity contribution in [3.63, 3.8) is 0 Å². The SMILES string of the molecule is COCCn1ncc(Cl)c1C1(F)CCCC(N)C1. The summed E-state index contributed by atoms with van der Waals surface area (Å²) in [6.45, 7) is 0.979. The quantitative estimate of drug-likeness (QED) is 0.917. The minimum Gasteiger partial charge on any atom is -0.383 e.